The maximum atomic E-state index is 11.5. The van der Waals surface area contributed by atoms with E-state index in [1.54, 1.807) is 6.08 Å². The SMILES string of the molecule is C=CCC(N)C(=O)NCCCn1nc(C)cc1C. The number of rotatable bonds is 7. The number of amides is 1. The highest BCUT2D eigenvalue weighted by atomic mass is 16.2. The lowest BCUT2D eigenvalue weighted by atomic mass is 10.2. The molecule has 0 aliphatic rings. The molecule has 1 aromatic rings. The number of hydrogen-bond acceptors (Lipinski definition) is 3. The molecule has 1 amide bonds. The first kappa shape index (κ1) is 14.4. The minimum absolute atomic E-state index is 0.122. The number of aromatic nitrogens is 2. The van der Waals surface area contributed by atoms with E-state index >= 15 is 0 Å². The largest absolute Gasteiger partial charge is 0.355 e. The van der Waals surface area contributed by atoms with Crippen molar-refractivity contribution in [3.8, 4) is 0 Å². The van der Waals surface area contributed by atoms with E-state index in [4.69, 9.17) is 5.73 Å². The number of nitrogens with zero attached hydrogens (tertiary/aromatic N) is 2. The van der Waals surface area contributed by atoms with Crippen LogP contribution in [0.25, 0.3) is 0 Å². The molecular formula is C13H22N4O. The van der Waals surface area contributed by atoms with Gasteiger partial charge in [0.15, 0.2) is 0 Å². The van der Waals surface area contributed by atoms with Gasteiger partial charge in [-0.2, -0.15) is 5.10 Å². The number of nitrogens with one attached hydrogen (secondary N) is 1. The quantitative estimate of drug-likeness (QED) is 0.558. The fraction of sp³-hybridized carbons (Fsp3) is 0.538. The molecule has 0 saturated heterocycles. The summed E-state index contributed by atoms with van der Waals surface area (Å²) in [6.07, 6.45) is 3.00. The monoisotopic (exact) mass is 250 g/mol. The van der Waals surface area contributed by atoms with Gasteiger partial charge in [0.25, 0.3) is 0 Å². The first-order chi connectivity index (χ1) is 8.54. The van der Waals surface area contributed by atoms with Crippen molar-refractivity contribution >= 4 is 5.91 Å². The minimum atomic E-state index is -0.490. The van der Waals surface area contributed by atoms with Crippen molar-refractivity contribution in [2.24, 2.45) is 5.73 Å². The van der Waals surface area contributed by atoms with Crippen LogP contribution in [0.2, 0.25) is 0 Å². The molecule has 0 spiro atoms. The standard InChI is InChI=1S/C13H22N4O/c1-4-6-12(14)13(18)15-7-5-8-17-11(3)9-10(2)16-17/h4,9,12H,1,5-8,14H2,2-3H3,(H,15,18). The molecular weight excluding hydrogens is 228 g/mol. The molecule has 18 heavy (non-hydrogen) atoms. The number of nitrogens with two attached hydrogens (primary N) is 1. The average Bonchev–Trinajstić information content (AvgIpc) is 2.63. The Morgan fingerprint density at radius 1 is 1.67 bits per heavy atom. The Kier molecular flexibility index (Phi) is 5.58. The minimum Gasteiger partial charge on any atom is -0.355 e. The van der Waals surface area contributed by atoms with Crippen LogP contribution in [0.15, 0.2) is 18.7 Å². The second-order valence-electron chi connectivity index (χ2n) is 4.43. The van der Waals surface area contributed by atoms with E-state index in [1.807, 2.05) is 24.6 Å². The van der Waals surface area contributed by atoms with E-state index in [-0.39, 0.29) is 5.91 Å². The van der Waals surface area contributed by atoms with E-state index < -0.39 is 6.04 Å². The van der Waals surface area contributed by atoms with Crippen LogP contribution < -0.4 is 11.1 Å². The fourth-order valence-corrected chi connectivity index (χ4v) is 1.76. The predicted molar refractivity (Wildman–Crippen MR) is 72.1 cm³/mol. The average molecular weight is 250 g/mol. The first-order valence-corrected chi connectivity index (χ1v) is 6.20. The maximum absolute atomic E-state index is 11.5. The third-order valence-electron chi connectivity index (χ3n) is 2.71. The second kappa shape index (κ2) is 6.96. The summed E-state index contributed by atoms with van der Waals surface area (Å²) in [4.78, 5) is 11.5. The number of hydrogen-bond donors (Lipinski definition) is 2. The van der Waals surface area contributed by atoms with Gasteiger partial charge in [0.1, 0.15) is 0 Å². The van der Waals surface area contributed by atoms with Crippen molar-refractivity contribution in [3.05, 3.63) is 30.1 Å². The molecule has 1 unspecified atom stereocenters. The molecule has 0 aromatic carbocycles. The summed E-state index contributed by atoms with van der Waals surface area (Å²) in [6, 6.07) is 1.55. The van der Waals surface area contributed by atoms with Gasteiger partial charge < -0.3 is 11.1 Å². The number of carbonyl (C=O) groups excluding carboxylic acids is 1. The molecule has 100 valence electrons. The summed E-state index contributed by atoms with van der Waals surface area (Å²) in [5, 5.41) is 7.17. The Labute approximate surface area is 108 Å². The van der Waals surface area contributed by atoms with Crippen molar-refractivity contribution in [2.45, 2.75) is 39.3 Å². The summed E-state index contributed by atoms with van der Waals surface area (Å²) < 4.78 is 1.95. The van der Waals surface area contributed by atoms with E-state index in [0.717, 1.165) is 24.4 Å². The molecule has 3 N–H and O–H groups in total. The predicted octanol–water partition coefficient (Wildman–Crippen LogP) is 0.910. The van der Waals surface area contributed by atoms with Gasteiger partial charge >= 0.3 is 0 Å². The zero-order valence-corrected chi connectivity index (χ0v) is 11.1. The molecule has 1 atom stereocenters. The number of carbonyl (C=O) groups is 1. The van der Waals surface area contributed by atoms with Gasteiger partial charge in [-0.25, -0.2) is 0 Å². The molecule has 0 fully saturated rings. The maximum Gasteiger partial charge on any atom is 0.237 e. The van der Waals surface area contributed by atoms with Crippen LogP contribution in [0, 0.1) is 13.8 Å². The zero-order chi connectivity index (χ0) is 13.5. The Balaban J connectivity index is 2.24. The van der Waals surface area contributed by atoms with Crippen LogP contribution in [0.4, 0.5) is 0 Å². The van der Waals surface area contributed by atoms with E-state index in [0.29, 0.717) is 13.0 Å². The van der Waals surface area contributed by atoms with Gasteiger partial charge in [-0.3, -0.25) is 9.48 Å². The zero-order valence-electron chi connectivity index (χ0n) is 11.1. The summed E-state index contributed by atoms with van der Waals surface area (Å²) in [7, 11) is 0. The van der Waals surface area contributed by atoms with Gasteiger partial charge in [0.2, 0.25) is 5.91 Å². The molecule has 0 saturated carbocycles. The number of aryl methyl sites for hydroxylation is 3. The van der Waals surface area contributed by atoms with Crippen LogP contribution in [-0.4, -0.2) is 28.3 Å². The van der Waals surface area contributed by atoms with Crippen molar-refractivity contribution < 1.29 is 4.79 Å². The molecule has 0 radical (unpaired) electrons. The Bertz CT molecular complexity index is 411. The Morgan fingerprint density at radius 3 is 2.94 bits per heavy atom. The molecule has 0 aliphatic carbocycles. The summed E-state index contributed by atoms with van der Waals surface area (Å²) in [5.41, 5.74) is 7.81. The van der Waals surface area contributed by atoms with Gasteiger partial charge in [-0.05, 0) is 32.8 Å². The van der Waals surface area contributed by atoms with Crippen molar-refractivity contribution in [1.82, 2.24) is 15.1 Å². The topological polar surface area (TPSA) is 72.9 Å². The Hall–Kier alpha value is -1.62. The lowest BCUT2D eigenvalue weighted by Crippen LogP contribution is -2.40. The van der Waals surface area contributed by atoms with Gasteiger partial charge in [-0.1, -0.05) is 6.08 Å². The second-order valence-corrected chi connectivity index (χ2v) is 4.43. The summed E-state index contributed by atoms with van der Waals surface area (Å²) in [6.45, 7) is 8.97. The van der Waals surface area contributed by atoms with Crippen LogP contribution in [0.5, 0.6) is 0 Å². The summed E-state index contributed by atoms with van der Waals surface area (Å²) in [5.74, 6) is -0.122. The third kappa shape index (κ3) is 4.33. The van der Waals surface area contributed by atoms with Crippen molar-refractivity contribution in [2.75, 3.05) is 6.54 Å². The normalized spacial score (nSPS) is 12.2. The van der Waals surface area contributed by atoms with E-state index in [9.17, 15) is 4.79 Å². The van der Waals surface area contributed by atoms with Crippen LogP contribution in [-0.2, 0) is 11.3 Å². The molecule has 1 rings (SSSR count). The first-order valence-electron chi connectivity index (χ1n) is 6.20. The van der Waals surface area contributed by atoms with Gasteiger partial charge in [-0.15, -0.1) is 6.58 Å². The van der Waals surface area contributed by atoms with E-state index in [1.165, 1.54) is 0 Å². The molecule has 1 heterocycles. The van der Waals surface area contributed by atoms with Crippen LogP contribution in [0.1, 0.15) is 24.2 Å². The molecule has 5 nitrogen and oxygen atoms in total. The molecule has 0 aliphatic heterocycles. The highest BCUT2D eigenvalue weighted by molar-refractivity contribution is 5.81. The van der Waals surface area contributed by atoms with Crippen molar-refractivity contribution in [3.63, 3.8) is 0 Å². The lowest BCUT2D eigenvalue weighted by molar-refractivity contribution is -0.122. The molecule has 0 bridgehead atoms. The summed E-state index contributed by atoms with van der Waals surface area (Å²) >= 11 is 0. The highest BCUT2D eigenvalue weighted by Crippen LogP contribution is 2.02. The smallest absolute Gasteiger partial charge is 0.237 e. The third-order valence-corrected chi connectivity index (χ3v) is 2.71. The molecule has 1 aromatic heterocycles. The van der Waals surface area contributed by atoms with Gasteiger partial charge in [0, 0.05) is 18.8 Å². The molecule has 5 heteroatoms. The lowest BCUT2D eigenvalue weighted by Gasteiger charge is -2.10. The van der Waals surface area contributed by atoms with Gasteiger partial charge in [0.05, 0.1) is 11.7 Å². The van der Waals surface area contributed by atoms with Crippen LogP contribution in [0.3, 0.4) is 0 Å². The highest BCUT2D eigenvalue weighted by Gasteiger charge is 2.10. The van der Waals surface area contributed by atoms with Crippen molar-refractivity contribution in [1.29, 1.82) is 0 Å². The van der Waals surface area contributed by atoms with Crippen LogP contribution >= 0.6 is 0 Å². The fourth-order valence-electron chi connectivity index (χ4n) is 1.76. The Morgan fingerprint density at radius 2 is 2.39 bits per heavy atom. The van der Waals surface area contributed by atoms with E-state index in [2.05, 4.69) is 17.0 Å².